The summed E-state index contributed by atoms with van der Waals surface area (Å²) in [5.41, 5.74) is 3.50. The van der Waals surface area contributed by atoms with Gasteiger partial charge in [-0.25, -0.2) is 19.6 Å². The van der Waals surface area contributed by atoms with Crippen LogP contribution in [0.25, 0.3) is 44.4 Å². The lowest BCUT2D eigenvalue weighted by molar-refractivity contribution is -0.147. The van der Waals surface area contributed by atoms with Gasteiger partial charge in [-0.05, 0) is 88.4 Å². The Morgan fingerprint density at radius 1 is 0.706 bits per heavy atom. The Labute approximate surface area is 303 Å². The van der Waals surface area contributed by atoms with Gasteiger partial charge in [-0.2, -0.15) is 0 Å². The fraction of sp³-hybridized carbons (Fsp3) is 0.350. The maximum atomic E-state index is 12.6. The molecule has 11 heteroatoms. The molecule has 5 aromatic rings. The Hall–Kier alpha value is -5.09. The van der Waals surface area contributed by atoms with Crippen LogP contribution in [0.15, 0.2) is 66.9 Å². The van der Waals surface area contributed by atoms with Gasteiger partial charge in [0, 0.05) is 11.1 Å². The van der Waals surface area contributed by atoms with Crippen LogP contribution in [0.5, 0.6) is 0 Å². The third-order valence-electron chi connectivity index (χ3n) is 8.33. The molecule has 0 saturated heterocycles. The first-order chi connectivity index (χ1) is 24.0. The Kier molecular flexibility index (Phi) is 10.7. The first-order valence-electron chi connectivity index (χ1n) is 17.1. The maximum absolute atomic E-state index is 12.6. The van der Waals surface area contributed by atoms with Crippen molar-refractivity contribution in [3.63, 3.8) is 0 Å². The second-order valence-electron chi connectivity index (χ2n) is 14.6. The Morgan fingerprint density at radius 2 is 1.18 bits per heavy atom. The zero-order valence-corrected chi connectivity index (χ0v) is 31.1. The molecule has 0 spiro atoms. The molecule has 0 fully saturated rings. The van der Waals surface area contributed by atoms with Crippen LogP contribution in [-0.4, -0.2) is 54.5 Å². The van der Waals surface area contributed by atoms with E-state index in [1.807, 2.05) is 44.2 Å². The molecule has 0 amide bonds. The second kappa shape index (κ2) is 14.6. The highest BCUT2D eigenvalue weighted by Gasteiger charge is 2.30. The average molecular weight is 709 g/mol. The Morgan fingerprint density at radius 3 is 1.71 bits per heavy atom. The van der Waals surface area contributed by atoms with Gasteiger partial charge in [0.2, 0.25) is 0 Å². The van der Waals surface area contributed by atoms with Crippen LogP contribution < -0.4 is 0 Å². The summed E-state index contributed by atoms with van der Waals surface area (Å²) in [6, 6.07) is 20.4. The van der Waals surface area contributed by atoms with Crippen LogP contribution in [0, 0.1) is 10.8 Å². The van der Waals surface area contributed by atoms with E-state index in [0.29, 0.717) is 35.3 Å². The molecule has 266 valence electrons. The summed E-state index contributed by atoms with van der Waals surface area (Å²) in [7, 11) is 0. The molecule has 51 heavy (non-hydrogen) atoms. The molecular formula is C40H45ClN6O4. The van der Waals surface area contributed by atoms with Crippen molar-refractivity contribution >= 4 is 45.7 Å². The third kappa shape index (κ3) is 8.63. The van der Waals surface area contributed by atoms with Crippen molar-refractivity contribution in [1.82, 2.24) is 19.9 Å². The average Bonchev–Trinajstić information content (AvgIpc) is 3.70. The Bertz CT molecular complexity index is 2100. The lowest BCUT2D eigenvalue weighted by Crippen LogP contribution is -2.31. The quantitative estimate of drug-likeness (QED) is 0.0790. The smallest absolute Gasteiger partial charge is 0.353 e. The van der Waals surface area contributed by atoms with Crippen LogP contribution in [0.3, 0.4) is 0 Å². The van der Waals surface area contributed by atoms with Crippen LogP contribution in [0.1, 0.15) is 91.7 Å². The van der Waals surface area contributed by atoms with Crippen molar-refractivity contribution in [2.45, 2.75) is 91.3 Å². The molecule has 2 heterocycles. The number of carbonyl (C=O) groups is 2. The van der Waals surface area contributed by atoms with Crippen molar-refractivity contribution < 1.29 is 19.1 Å². The van der Waals surface area contributed by atoms with Crippen molar-refractivity contribution in [3.8, 4) is 33.6 Å². The third-order valence-corrected chi connectivity index (χ3v) is 8.60. The highest BCUT2D eigenvalue weighted by atomic mass is 35.5. The van der Waals surface area contributed by atoms with Crippen LogP contribution >= 0.6 is 11.6 Å². The monoisotopic (exact) mass is 708 g/mol. The molecule has 10 nitrogen and oxygen atoms in total. The molecule has 0 unspecified atom stereocenters. The predicted molar refractivity (Wildman–Crippen MR) is 203 cm³/mol. The molecule has 3 aromatic carbocycles. The number of nitrogens with one attached hydrogen (secondary N) is 4. The summed E-state index contributed by atoms with van der Waals surface area (Å²) in [4.78, 5) is 40.8. The summed E-state index contributed by atoms with van der Waals surface area (Å²) in [5.74, 6) is -1.38. The van der Waals surface area contributed by atoms with E-state index in [1.54, 1.807) is 47.7 Å². The van der Waals surface area contributed by atoms with Crippen LogP contribution in [0.2, 0.25) is 5.15 Å². The fourth-order valence-corrected chi connectivity index (χ4v) is 6.07. The van der Waals surface area contributed by atoms with E-state index in [0.717, 1.165) is 38.7 Å². The summed E-state index contributed by atoms with van der Waals surface area (Å²) in [6.07, 6.45) is 2.75. The number of aromatic nitrogens is 4. The van der Waals surface area contributed by atoms with Gasteiger partial charge >= 0.3 is 11.9 Å². The number of fused-ring (bicyclic) bond motifs is 1. The largest absolute Gasteiger partial charge is 0.455 e. The summed E-state index contributed by atoms with van der Waals surface area (Å²) in [5, 5.41) is 19.4. The highest BCUT2D eigenvalue weighted by molar-refractivity contribution is 6.38. The number of carbonyl (C=O) groups excluding carboxylic acids is 2. The van der Waals surface area contributed by atoms with Gasteiger partial charge in [0.15, 0.2) is 0 Å². The molecule has 0 saturated carbocycles. The number of ether oxygens (including phenoxy) is 2. The topological polar surface area (TPSA) is 158 Å². The SMILES string of the molecule is CC[C@@H](C(=N)C(=O)OC(C)(C)C)c1ncc(-c2ccc3cc(-c4ccc(-c5nc([C@@H](CC)C(=N)C(=O)OC(C)(C)C)[nH]c5Cl)cc4)ccc3c2)[nH]1. The van der Waals surface area contributed by atoms with E-state index in [1.165, 1.54) is 0 Å². The van der Waals surface area contributed by atoms with Gasteiger partial charge in [-0.1, -0.05) is 74.0 Å². The van der Waals surface area contributed by atoms with Gasteiger partial charge in [-0.15, -0.1) is 0 Å². The first-order valence-corrected chi connectivity index (χ1v) is 17.4. The molecule has 4 N–H and O–H groups in total. The number of H-pyrrole nitrogens is 2. The van der Waals surface area contributed by atoms with E-state index < -0.39 is 35.0 Å². The zero-order valence-electron chi connectivity index (χ0n) is 30.3. The van der Waals surface area contributed by atoms with Gasteiger partial charge < -0.3 is 19.4 Å². The molecule has 0 radical (unpaired) electrons. The standard InChI is InChI=1S/C40H45ClN6O4/c1-9-28(31(42)37(48)50-39(3,4)5)35-44-21-30(45-35)27-18-17-25-19-24(15-16-26(25)20-27)22-11-13-23(14-12-22)33-34(41)47-36(46-33)29(10-2)32(43)38(49)51-40(6,7)8/h11-21,28-29,42-43H,9-10H2,1-8H3,(H,44,45)(H,46,47)/t28-,29-/m0/s1. The van der Waals surface area contributed by atoms with Gasteiger partial charge in [0.25, 0.3) is 0 Å². The first kappa shape index (κ1) is 37.2. The van der Waals surface area contributed by atoms with Crippen molar-refractivity contribution in [3.05, 3.63) is 83.7 Å². The zero-order chi connectivity index (χ0) is 37.2. The molecule has 0 bridgehead atoms. The van der Waals surface area contributed by atoms with Crippen molar-refractivity contribution in [1.29, 1.82) is 10.8 Å². The van der Waals surface area contributed by atoms with Crippen molar-refractivity contribution in [2.75, 3.05) is 0 Å². The maximum Gasteiger partial charge on any atom is 0.353 e. The van der Waals surface area contributed by atoms with Gasteiger partial charge in [0.05, 0.1) is 23.7 Å². The summed E-state index contributed by atoms with van der Waals surface area (Å²) in [6.45, 7) is 14.5. The van der Waals surface area contributed by atoms with Gasteiger partial charge in [-0.3, -0.25) is 10.8 Å². The highest BCUT2D eigenvalue weighted by Crippen LogP contribution is 2.33. The molecule has 0 aliphatic rings. The number of aromatic amines is 2. The van der Waals surface area contributed by atoms with Crippen molar-refractivity contribution in [2.24, 2.45) is 0 Å². The molecule has 2 aromatic heterocycles. The molecular weight excluding hydrogens is 664 g/mol. The van der Waals surface area contributed by atoms with Crippen LogP contribution in [0.4, 0.5) is 0 Å². The lowest BCUT2D eigenvalue weighted by Gasteiger charge is -2.21. The normalized spacial score (nSPS) is 13.1. The molecule has 0 aliphatic heterocycles. The second-order valence-corrected chi connectivity index (χ2v) is 15.0. The van der Waals surface area contributed by atoms with E-state index in [4.69, 9.17) is 36.9 Å². The van der Waals surface area contributed by atoms with E-state index in [2.05, 4.69) is 45.3 Å². The number of esters is 2. The number of hydrogen-bond acceptors (Lipinski definition) is 8. The number of halogens is 1. The lowest BCUT2D eigenvalue weighted by atomic mass is 9.98. The minimum absolute atomic E-state index is 0.119. The Balaban J connectivity index is 1.32. The number of imidazole rings is 2. The van der Waals surface area contributed by atoms with E-state index in [9.17, 15) is 9.59 Å². The fourth-order valence-electron chi connectivity index (χ4n) is 5.82. The molecule has 2 atom stereocenters. The molecule has 0 aliphatic carbocycles. The predicted octanol–water partition coefficient (Wildman–Crippen LogP) is 9.65. The van der Waals surface area contributed by atoms with E-state index >= 15 is 0 Å². The minimum atomic E-state index is -0.702. The van der Waals surface area contributed by atoms with Gasteiger partial charge in [0.1, 0.15) is 45.1 Å². The summed E-state index contributed by atoms with van der Waals surface area (Å²) < 4.78 is 10.8. The summed E-state index contributed by atoms with van der Waals surface area (Å²) >= 11 is 6.58. The number of hydrogen-bond donors (Lipinski definition) is 4. The van der Waals surface area contributed by atoms with Crippen LogP contribution in [-0.2, 0) is 19.1 Å². The number of benzene rings is 3. The number of nitrogens with zero attached hydrogens (tertiary/aromatic N) is 2. The number of rotatable bonds is 11. The minimum Gasteiger partial charge on any atom is -0.455 e. The van der Waals surface area contributed by atoms with E-state index in [-0.39, 0.29) is 11.4 Å². The molecule has 5 rings (SSSR count).